The molecule has 0 fully saturated rings. The summed E-state index contributed by atoms with van der Waals surface area (Å²) in [5.41, 5.74) is 2.23. The third-order valence-corrected chi connectivity index (χ3v) is 2.49. The van der Waals surface area contributed by atoms with Crippen LogP contribution < -0.4 is 4.57 Å². The predicted molar refractivity (Wildman–Crippen MR) is 58.1 cm³/mol. The van der Waals surface area contributed by atoms with Crippen LogP contribution in [0.5, 0.6) is 0 Å². The quantitative estimate of drug-likeness (QED) is 0.629. The number of hydrogen-bond donors (Lipinski definition) is 0. The molecule has 0 aliphatic heterocycles. The second-order valence-electron chi connectivity index (χ2n) is 3.23. The molecule has 1 nitrogen and oxygen atoms in total. The van der Waals surface area contributed by atoms with Crippen LogP contribution in [0.15, 0.2) is 48.8 Å². The molecule has 0 spiro atoms. The van der Waals surface area contributed by atoms with Crippen molar-refractivity contribution in [2.24, 2.45) is 7.05 Å². The average molecular weight is 205 g/mol. The van der Waals surface area contributed by atoms with Gasteiger partial charge in [0.2, 0.25) is 0 Å². The number of hydrogen-bond acceptors (Lipinski definition) is 0. The van der Waals surface area contributed by atoms with E-state index in [1.165, 1.54) is 0 Å². The lowest BCUT2D eigenvalue weighted by Gasteiger charge is -2.01. The Labute approximate surface area is 88.6 Å². The molecule has 0 atom stereocenters. The van der Waals surface area contributed by atoms with E-state index in [1.807, 2.05) is 48.3 Å². The van der Waals surface area contributed by atoms with E-state index in [-0.39, 0.29) is 0 Å². The van der Waals surface area contributed by atoms with Gasteiger partial charge in [-0.25, -0.2) is 4.57 Å². The van der Waals surface area contributed by atoms with Gasteiger partial charge in [0, 0.05) is 22.7 Å². The molecular formula is C12H11ClN+. The van der Waals surface area contributed by atoms with Gasteiger partial charge in [0.25, 0.3) is 0 Å². The van der Waals surface area contributed by atoms with E-state index in [4.69, 9.17) is 11.6 Å². The van der Waals surface area contributed by atoms with Gasteiger partial charge in [-0.15, -0.1) is 0 Å². The number of benzene rings is 1. The Kier molecular flexibility index (Phi) is 2.51. The molecule has 14 heavy (non-hydrogen) atoms. The van der Waals surface area contributed by atoms with Crippen molar-refractivity contribution in [1.82, 2.24) is 0 Å². The topological polar surface area (TPSA) is 3.88 Å². The Balaban J connectivity index is 2.50. The second-order valence-corrected chi connectivity index (χ2v) is 3.64. The fourth-order valence-electron chi connectivity index (χ4n) is 1.38. The van der Waals surface area contributed by atoms with Crippen LogP contribution in [-0.2, 0) is 7.05 Å². The van der Waals surface area contributed by atoms with Crippen molar-refractivity contribution in [3.8, 4) is 11.1 Å². The fraction of sp³-hybridized carbons (Fsp3) is 0.0833. The van der Waals surface area contributed by atoms with Crippen molar-refractivity contribution in [2.75, 3.05) is 0 Å². The lowest BCUT2D eigenvalue weighted by atomic mass is 10.1. The van der Waals surface area contributed by atoms with Gasteiger partial charge in [-0.2, -0.15) is 0 Å². The predicted octanol–water partition coefficient (Wildman–Crippen LogP) is 2.83. The maximum atomic E-state index is 6.09. The van der Waals surface area contributed by atoms with Crippen LogP contribution in [0, 0.1) is 0 Å². The molecule has 70 valence electrons. The van der Waals surface area contributed by atoms with Crippen LogP contribution in [0.25, 0.3) is 11.1 Å². The summed E-state index contributed by atoms with van der Waals surface area (Å²) >= 11 is 6.09. The van der Waals surface area contributed by atoms with E-state index in [0.29, 0.717) is 0 Å². The lowest BCUT2D eigenvalue weighted by molar-refractivity contribution is -0.671. The van der Waals surface area contributed by atoms with Gasteiger partial charge >= 0.3 is 0 Å². The maximum absolute atomic E-state index is 6.09. The Morgan fingerprint density at radius 2 is 1.64 bits per heavy atom. The average Bonchev–Trinajstić information content (AvgIpc) is 2.20. The molecule has 1 aromatic heterocycles. The van der Waals surface area contributed by atoms with Crippen molar-refractivity contribution in [2.45, 2.75) is 0 Å². The molecule has 0 saturated heterocycles. The van der Waals surface area contributed by atoms with Crippen LogP contribution in [-0.4, -0.2) is 0 Å². The van der Waals surface area contributed by atoms with E-state index in [1.54, 1.807) is 0 Å². The summed E-state index contributed by atoms with van der Waals surface area (Å²) in [6, 6.07) is 12.0. The van der Waals surface area contributed by atoms with Gasteiger partial charge < -0.3 is 0 Å². The van der Waals surface area contributed by atoms with Crippen molar-refractivity contribution >= 4 is 11.6 Å². The molecule has 2 rings (SSSR count). The number of halogens is 1. The summed E-state index contributed by atoms with van der Waals surface area (Å²) in [5, 5.41) is 0.793. The first-order valence-electron chi connectivity index (χ1n) is 4.47. The Bertz CT molecular complexity index is 434. The van der Waals surface area contributed by atoms with E-state index in [2.05, 4.69) is 12.1 Å². The van der Waals surface area contributed by atoms with Crippen LogP contribution in [0.2, 0.25) is 5.02 Å². The molecule has 0 radical (unpaired) electrons. The van der Waals surface area contributed by atoms with Crippen LogP contribution in [0.1, 0.15) is 0 Å². The highest BCUT2D eigenvalue weighted by Crippen LogP contribution is 2.26. The van der Waals surface area contributed by atoms with E-state index in [9.17, 15) is 0 Å². The van der Waals surface area contributed by atoms with Gasteiger partial charge in [-0.1, -0.05) is 29.8 Å². The highest BCUT2D eigenvalue weighted by atomic mass is 35.5. The number of aryl methyl sites for hydroxylation is 1. The summed E-state index contributed by atoms with van der Waals surface area (Å²) in [4.78, 5) is 0. The summed E-state index contributed by atoms with van der Waals surface area (Å²) in [7, 11) is 2.00. The standard InChI is InChI=1S/C12H11ClN/c1-14-8-6-10(7-9-14)11-4-2-3-5-12(11)13/h2-9H,1H3/q+1. The summed E-state index contributed by atoms with van der Waals surface area (Å²) in [6.45, 7) is 0. The van der Waals surface area contributed by atoms with Crippen LogP contribution in [0.3, 0.4) is 0 Å². The molecule has 1 aromatic carbocycles. The van der Waals surface area contributed by atoms with Crippen LogP contribution in [0.4, 0.5) is 0 Å². The molecule has 2 heteroatoms. The van der Waals surface area contributed by atoms with Gasteiger partial charge in [-0.05, 0) is 11.6 Å². The monoisotopic (exact) mass is 204 g/mol. The maximum Gasteiger partial charge on any atom is 0.169 e. The first kappa shape index (κ1) is 9.22. The third-order valence-electron chi connectivity index (χ3n) is 2.16. The molecule has 0 bridgehead atoms. The Morgan fingerprint density at radius 1 is 1.00 bits per heavy atom. The molecule has 0 aliphatic rings. The number of pyridine rings is 1. The SMILES string of the molecule is C[n+]1ccc(-c2ccccc2Cl)cc1. The van der Waals surface area contributed by atoms with Crippen molar-refractivity contribution < 1.29 is 4.57 Å². The highest BCUT2D eigenvalue weighted by Gasteiger charge is 2.02. The molecule has 1 heterocycles. The molecule has 2 aromatic rings. The zero-order chi connectivity index (χ0) is 9.97. The van der Waals surface area contributed by atoms with Gasteiger partial charge in [0.1, 0.15) is 7.05 Å². The van der Waals surface area contributed by atoms with Gasteiger partial charge in [-0.3, -0.25) is 0 Å². The summed E-state index contributed by atoms with van der Waals surface area (Å²) in [5.74, 6) is 0. The molecule has 0 aliphatic carbocycles. The summed E-state index contributed by atoms with van der Waals surface area (Å²) < 4.78 is 2.00. The first-order valence-corrected chi connectivity index (χ1v) is 4.85. The Morgan fingerprint density at radius 3 is 2.29 bits per heavy atom. The molecule has 0 saturated carbocycles. The second kappa shape index (κ2) is 3.81. The lowest BCUT2D eigenvalue weighted by Crippen LogP contribution is -2.25. The zero-order valence-corrected chi connectivity index (χ0v) is 8.70. The fourth-order valence-corrected chi connectivity index (χ4v) is 1.62. The molecule has 0 unspecified atom stereocenters. The van der Waals surface area contributed by atoms with E-state index < -0.39 is 0 Å². The number of nitrogens with zero attached hydrogens (tertiary/aromatic N) is 1. The van der Waals surface area contributed by atoms with Crippen molar-refractivity contribution in [3.05, 3.63) is 53.8 Å². The van der Waals surface area contributed by atoms with Gasteiger partial charge in [0.05, 0.1) is 0 Å². The third kappa shape index (κ3) is 1.78. The van der Waals surface area contributed by atoms with E-state index in [0.717, 1.165) is 16.1 Å². The zero-order valence-electron chi connectivity index (χ0n) is 7.94. The minimum Gasteiger partial charge on any atom is -0.208 e. The van der Waals surface area contributed by atoms with Gasteiger partial charge in [0.15, 0.2) is 12.4 Å². The molecule has 0 N–H and O–H groups in total. The highest BCUT2D eigenvalue weighted by molar-refractivity contribution is 6.33. The molecule has 0 amide bonds. The first-order chi connectivity index (χ1) is 6.77. The Hall–Kier alpha value is -1.34. The number of aromatic nitrogens is 1. The molecular weight excluding hydrogens is 194 g/mol. The largest absolute Gasteiger partial charge is 0.208 e. The summed E-state index contributed by atoms with van der Waals surface area (Å²) in [6.07, 6.45) is 4.03. The van der Waals surface area contributed by atoms with Crippen LogP contribution >= 0.6 is 11.6 Å². The van der Waals surface area contributed by atoms with Crippen molar-refractivity contribution in [3.63, 3.8) is 0 Å². The minimum atomic E-state index is 0.793. The normalized spacial score (nSPS) is 10.1. The minimum absolute atomic E-state index is 0.793. The van der Waals surface area contributed by atoms with E-state index >= 15 is 0 Å². The smallest absolute Gasteiger partial charge is 0.169 e. The van der Waals surface area contributed by atoms with Crippen molar-refractivity contribution in [1.29, 1.82) is 0 Å². The number of rotatable bonds is 1.